The van der Waals surface area contributed by atoms with E-state index in [1.807, 2.05) is 30.5 Å². The summed E-state index contributed by atoms with van der Waals surface area (Å²) in [5.74, 6) is 1.54. The zero-order valence-electron chi connectivity index (χ0n) is 11.3. The molecule has 1 aromatic carbocycles. The summed E-state index contributed by atoms with van der Waals surface area (Å²) < 4.78 is 10.6. The number of benzene rings is 1. The van der Waals surface area contributed by atoms with E-state index in [-0.39, 0.29) is 6.04 Å². The molecule has 1 atom stereocenters. The van der Waals surface area contributed by atoms with Crippen molar-refractivity contribution in [3.63, 3.8) is 0 Å². The fraction of sp³-hybridized carbons (Fsp3) is 0.357. The molecular weight excluding hydrogens is 260 g/mol. The lowest BCUT2D eigenvalue weighted by Gasteiger charge is -2.08. The molecule has 0 amide bonds. The first-order valence-electron chi connectivity index (χ1n) is 6.06. The number of nitrogens with two attached hydrogens (primary N) is 1. The third-order valence-electron chi connectivity index (χ3n) is 2.72. The van der Waals surface area contributed by atoms with Gasteiger partial charge in [-0.05, 0) is 19.1 Å². The number of hydrogen-bond donors (Lipinski definition) is 1. The maximum atomic E-state index is 5.79. The molecule has 0 saturated carbocycles. The number of ether oxygens (including phenoxy) is 2. The molecule has 1 aromatic heterocycles. The Hall–Kier alpha value is -1.59. The molecule has 0 fully saturated rings. The molecule has 2 aromatic rings. The van der Waals surface area contributed by atoms with Crippen LogP contribution in [0.5, 0.6) is 11.5 Å². The van der Waals surface area contributed by atoms with E-state index in [2.05, 4.69) is 4.98 Å². The Kier molecular flexibility index (Phi) is 4.39. The van der Waals surface area contributed by atoms with Crippen molar-refractivity contribution in [2.75, 3.05) is 14.2 Å². The Morgan fingerprint density at radius 2 is 2.11 bits per heavy atom. The highest BCUT2D eigenvalue weighted by Gasteiger charge is 2.12. The van der Waals surface area contributed by atoms with Gasteiger partial charge >= 0.3 is 0 Å². The lowest BCUT2D eigenvalue weighted by molar-refractivity contribution is 0.395. The second kappa shape index (κ2) is 6.04. The van der Waals surface area contributed by atoms with Crippen LogP contribution in [0, 0.1) is 0 Å². The van der Waals surface area contributed by atoms with Crippen LogP contribution in [0.3, 0.4) is 0 Å². The van der Waals surface area contributed by atoms with Gasteiger partial charge in [0.15, 0.2) is 0 Å². The third-order valence-corrected chi connectivity index (χ3v) is 3.65. The number of aromatic nitrogens is 1. The smallest absolute Gasteiger partial charge is 0.132 e. The normalized spacial score (nSPS) is 12.2. The number of hydrogen-bond acceptors (Lipinski definition) is 5. The van der Waals surface area contributed by atoms with E-state index in [1.165, 1.54) is 0 Å². The fourth-order valence-corrected chi connectivity index (χ4v) is 2.69. The SMILES string of the molecule is COc1ccc(-c2nc(CC(C)N)cs2)c(OC)c1. The van der Waals surface area contributed by atoms with Crippen LogP contribution in [-0.4, -0.2) is 25.2 Å². The molecule has 4 nitrogen and oxygen atoms in total. The number of nitrogens with zero attached hydrogens (tertiary/aromatic N) is 1. The summed E-state index contributed by atoms with van der Waals surface area (Å²) >= 11 is 1.60. The largest absolute Gasteiger partial charge is 0.497 e. The molecule has 0 saturated heterocycles. The van der Waals surface area contributed by atoms with Crippen LogP contribution < -0.4 is 15.2 Å². The molecule has 0 aliphatic carbocycles. The van der Waals surface area contributed by atoms with Gasteiger partial charge in [0.05, 0.1) is 25.5 Å². The summed E-state index contributed by atoms with van der Waals surface area (Å²) in [4.78, 5) is 4.60. The first-order chi connectivity index (χ1) is 9.13. The zero-order valence-corrected chi connectivity index (χ0v) is 12.2. The van der Waals surface area contributed by atoms with Crippen LogP contribution in [-0.2, 0) is 6.42 Å². The van der Waals surface area contributed by atoms with Crippen molar-refractivity contribution < 1.29 is 9.47 Å². The quantitative estimate of drug-likeness (QED) is 0.913. The number of rotatable bonds is 5. The second-order valence-electron chi connectivity index (χ2n) is 4.39. The predicted molar refractivity (Wildman–Crippen MR) is 78.0 cm³/mol. The molecule has 102 valence electrons. The lowest BCUT2D eigenvalue weighted by atomic mass is 10.2. The summed E-state index contributed by atoms with van der Waals surface area (Å²) in [7, 11) is 3.29. The van der Waals surface area contributed by atoms with Crippen LogP contribution in [0.4, 0.5) is 0 Å². The molecule has 2 N–H and O–H groups in total. The van der Waals surface area contributed by atoms with Crippen molar-refractivity contribution in [2.45, 2.75) is 19.4 Å². The van der Waals surface area contributed by atoms with E-state index in [0.717, 1.165) is 34.2 Å². The van der Waals surface area contributed by atoms with Gasteiger partial charge in [-0.2, -0.15) is 0 Å². The Morgan fingerprint density at radius 1 is 1.32 bits per heavy atom. The van der Waals surface area contributed by atoms with Gasteiger partial charge in [-0.15, -0.1) is 11.3 Å². The average molecular weight is 278 g/mol. The maximum absolute atomic E-state index is 5.79. The molecule has 0 spiro atoms. The summed E-state index contributed by atoms with van der Waals surface area (Å²) in [5.41, 5.74) is 7.79. The summed E-state index contributed by atoms with van der Waals surface area (Å²) in [5, 5.41) is 2.98. The van der Waals surface area contributed by atoms with Crippen molar-refractivity contribution in [1.29, 1.82) is 0 Å². The van der Waals surface area contributed by atoms with Gasteiger partial charge in [0.25, 0.3) is 0 Å². The minimum atomic E-state index is 0.118. The Balaban J connectivity index is 2.33. The third kappa shape index (κ3) is 3.24. The Bertz CT molecular complexity index is 552. The van der Waals surface area contributed by atoms with Gasteiger partial charge in [0.2, 0.25) is 0 Å². The summed E-state index contributed by atoms with van der Waals surface area (Å²) in [6.07, 6.45) is 0.787. The van der Waals surface area contributed by atoms with E-state index < -0.39 is 0 Å². The van der Waals surface area contributed by atoms with Gasteiger partial charge in [-0.25, -0.2) is 4.98 Å². The lowest BCUT2D eigenvalue weighted by Crippen LogP contribution is -2.17. The van der Waals surface area contributed by atoms with Crippen LogP contribution in [0.15, 0.2) is 23.6 Å². The zero-order chi connectivity index (χ0) is 13.8. The van der Waals surface area contributed by atoms with Crippen molar-refractivity contribution in [3.8, 4) is 22.1 Å². The van der Waals surface area contributed by atoms with Gasteiger partial charge in [0, 0.05) is 23.9 Å². The highest BCUT2D eigenvalue weighted by atomic mass is 32.1. The summed E-state index contributed by atoms with van der Waals surface area (Å²) in [6.45, 7) is 1.98. The van der Waals surface area contributed by atoms with E-state index in [4.69, 9.17) is 15.2 Å². The molecule has 1 heterocycles. The monoisotopic (exact) mass is 278 g/mol. The van der Waals surface area contributed by atoms with Gasteiger partial charge < -0.3 is 15.2 Å². The fourth-order valence-electron chi connectivity index (χ4n) is 1.83. The van der Waals surface area contributed by atoms with Crippen molar-refractivity contribution in [1.82, 2.24) is 4.98 Å². The molecule has 0 aliphatic heterocycles. The molecule has 1 unspecified atom stereocenters. The topological polar surface area (TPSA) is 57.4 Å². The van der Waals surface area contributed by atoms with Gasteiger partial charge in [0.1, 0.15) is 16.5 Å². The molecular formula is C14H18N2O2S. The molecule has 0 bridgehead atoms. The molecule has 0 radical (unpaired) electrons. The van der Waals surface area contributed by atoms with E-state index in [0.29, 0.717) is 0 Å². The minimum Gasteiger partial charge on any atom is -0.497 e. The van der Waals surface area contributed by atoms with Crippen LogP contribution >= 0.6 is 11.3 Å². The van der Waals surface area contributed by atoms with Crippen molar-refractivity contribution in [3.05, 3.63) is 29.3 Å². The maximum Gasteiger partial charge on any atom is 0.132 e. The van der Waals surface area contributed by atoms with E-state index >= 15 is 0 Å². The van der Waals surface area contributed by atoms with Crippen LogP contribution in [0.1, 0.15) is 12.6 Å². The molecule has 2 rings (SSSR count). The minimum absolute atomic E-state index is 0.118. The van der Waals surface area contributed by atoms with Gasteiger partial charge in [-0.1, -0.05) is 0 Å². The highest BCUT2D eigenvalue weighted by molar-refractivity contribution is 7.13. The number of methoxy groups -OCH3 is 2. The summed E-state index contributed by atoms with van der Waals surface area (Å²) in [6, 6.07) is 5.85. The average Bonchev–Trinajstić information content (AvgIpc) is 2.85. The Labute approximate surface area is 117 Å². The first-order valence-corrected chi connectivity index (χ1v) is 6.94. The Morgan fingerprint density at radius 3 is 2.74 bits per heavy atom. The second-order valence-corrected chi connectivity index (χ2v) is 5.25. The van der Waals surface area contributed by atoms with Crippen molar-refractivity contribution >= 4 is 11.3 Å². The van der Waals surface area contributed by atoms with E-state index in [9.17, 15) is 0 Å². The number of thiazole rings is 1. The van der Waals surface area contributed by atoms with Crippen LogP contribution in [0.2, 0.25) is 0 Å². The molecule has 5 heteroatoms. The predicted octanol–water partition coefficient (Wildman–Crippen LogP) is 2.72. The highest BCUT2D eigenvalue weighted by Crippen LogP contribution is 2.35. The van der Waals surface area contributed by atoms with Crippen LogP contribution in [0.25, 0.3) is 10.6 Å². The standard InChI is InChI=1S/C14H18N2O2S/c1-9(15)6-10-8-19-14(16-10)12-5-4-11(17-2)7-13(12)18-3/h4-5,7-9H,6,15H2,1-3H3. The first kappa shape index (κ1) is 13.8. The van der Waals surface area contributed by atoms with Gasteiger partial charge in [-0.3, -0.25) is 0 Å². The van der Waals surface area contributed by atoms with Crippen molar-refractivity contribution in [2.24, 2.45) is 5.73 Å². The molecule has 0 aliphatic rings. The molecule has 19 heavy (non-hydrogen) atoms. The van der Waals surface area contributed by atoms with E-state index in [1.54, 1.807) is 25.6 Å².